The molecule has 0 bridgehead atoms. The summed E-state index contributed by atoms with van der Waals surface area (Å²) < 4.78 is 39.3. The lowest BCUT2D eigenvalue weighted by Crippen LogP contribution is -2.14. The predicted octanol–water partition coefficient (Wildman–Crippen LogP) is 5.01. The predicted molar refractivity (Wildman–Crippen MR) is 73.8 cm³/mol. The molecule has 20 heavy (non-hydrogen) atoms. The molecule has 0 N–H and O–H groups in total. The van der Waals surface area contributed by atoms with Gasteiger partial charge in [-0.05, 0) is 25.1 Å². The monoisotopic (exact) mass is 342 g/mol. The standard InChI is InChI=1S/C15H10BrF3O/c1-9-6-7-13(16)11(8-9)14(20)10-4-2-3-5-12(10)15(17,18)19/h2-8H,1H3. The molecule has 0 fully saturated rings. The van der Waals surface area contributed by atoms with Gasteiger partial charge in [0.25, 0.3) is 0 Å². The van der Waals surface area contributed by atoms with Crippen LogP contribution in [0.5, 0.6) is 0 Å². The zero-order valence-electron chi connectivity index (χ0n) is 10.5. The smallest absolute Gasteiger partial charge is 0.289 e. The fourth-order valence-electron chi connectivity index (χ4n) is 1.89. The Kier molecular flexibility index (Phi) is 3.99. The summed E-state index contributed by atoms with van der Waals surface area (Å²) in [5.41, 5.74) is -0.229. The Bertz CT molecular complexity index is 662. The number of rotatable bonds is 2. The Morgan fingerprint density at radius 3 is 2.35 bits per heavy atom. The number of ketones is 1. The minimum Gasteiger partial charge on any atom is -0.289 e. The third-order valence-corrected chi connectivity index (χ3v) is 3.54. The van der Waals surface area contributed by atoms with Crippen molar-refractivity contribution >= 4 is 21.7 Å². The van der Waals surface area contributed by atoms with Crippen LogP contribution in [0.15, 0.2) is 46.9 Å². The van der Waals surface area contributed by atoms with Gasteiger partial charge in [-0.1, -0.05) is 45.8 Å². The molecular weight excluding hydrogens is 333 g/mol. The molecule has 0 amide bonds. The quantitative estimate of drug-likeness (QED) is 0.701. The molecule has 0 unspecified atom stereocenters. The maximum Gasteiger partial charge on any atom is 0.417 e. The highest BCUT2D eigenvalue weighted by atomic mass is 79.9. The Morgan fingerprint density at radius 1 is 1.05 bits per heavy atom. The maximum atomic E-state index is 12.9. The highest BCUT2D eigenvalue weighted by Gasteiger charge is 2.35. The van der Waals surface area contributed by atoms with E-state index in [0.29, 0.717) is 4.47 Å². The summed E-state index contributed by atoms with van der Waals surface area (Å²) >= 11 is 3.20. The lowest BCUT2D eigenvalue weighted by molar-refractivity contribution is -0.137. The highest BCUT2D eigenvalue weighted by Crippen LogP contribution is 2.33. The Balaban J connectivity index is 2.57. The van der Waals surface area contributed by atoms with Gasteiger partial charge >= 0.3 is 6.18 Å². The van der Waals surface area contributed by atoms with E-state index in [1.54, 1.807) is 25.1 Å². The molecule has 5 heteroatoms. The first-order valence-corrected chi connectivity index (χ1v) is 6.57. The van der Waals surface area contributed by atoms with Gasteiger partial charge in [-0.15, -0.1) is 0 Å². The van der Waals surface area contributed by atoms with Gasteiger partial charge in [-0.3, -0.25) is 4.79 Å². The van der Waals surface area contributed by atoms with Crippen molar-refractivity contribution in [2.24, 2.45) is 0 Å². The minimum atomic E-state index is -4.55. The van der Waals surface area contributed by atoms with Crippen molar-refractivity contribution in [2.45, 2.75) is 13.1 Å². The molecule has 1 nitrogen and oxygen atoms in total. The summed E-state index contributed by atoms with van der Waals surface area (Å²) in [7, 11) is 0. The van der Waals surface area contributed by atoms with Crippen LogP contribution in [-0.4, -0.2) is 5.78 Å². The molecule has 2 aromatic carbocycles. The van der Waals surface area contributed by atoms with E-state index in [4.69, 9.17) is 0 Å². The summed E-state index contributed by atoms with van der Waals surface area (Å²) in [6.45, 7) is 1.78. The van der Waals surface area contributed by atoms with Crippen LogP contribution in [0.3, 0.4) is 0 Å². The summed E-state index contributed by atoms with van der Waals surface area (Å²) in [5, 5.41) is 0. The molecule has 2 aromatic rings. The van der Waals surface area contributed by atoms with E-state index in [0.717, 1.165) is 11.6 Å². The third-order valence-electron chi connectivity index (χ3n) is 2.84. The van der Waals surface area contributed by atoms with Gasteiger partial charge in [0.1, 0.15) is 0 Å². The van der Waals surface area contributed by atoms with Crippen molar-refractivity contribution in [2.75, 3.05) is 0 Å². The zero-order valence-corrected chi connectivity index (χ0v) is 12.0. The van der Waals surface area contributed by atoms with Crippen LogP contribution in [0.4, 0.5) is 13.2 Å². The molecule has 0 aliphatic heterocycles. The second-order valence-corrected chi connectivity index (χ2v) is 5.21. The lowest BCUT2D eigenvalue weighted by Gasteiger charge is -2.12. The van der Waals surface area contributed by atoms with Crippen LogP contribution in [0, 0.1) is 6.92 Å². The molecule has 104 valence electrons. The number of benzene rings is 2. The third kappa shape index (κ3) is 2.93. The average molecular weight is 343 g/mol. The summed E-state index contributed by atoms with van der Waals surface area (Å²) in [5.74, 6) is -0.645. The summed E-state index contributed by atoms with van der Waals surface area (Å²) in [6, 6.07) is 9.79. The lowest BCUT2D eigenvalue weighted by atomic mass is 9.97. The minimum absolute atomic E-state index is 0.224. The van der Waals surface area contributed by atoms with Crippen LogP contribution in [-0.2, 0) is 6.18 Å². The highest BCUT2D eigenvalue weighted by molar-refractivity contribution is 9.10. The Morgan fingerprint density at radius 2 is 1.70 bits per heavy atom. The number of carbonyl (C=O) groups is 1. The topological polar surface area (TPSA) is 17.1 Å². The SMILES string of the molecule is Cc1ccc(Br)c(C(=O)c2ccccc2C(F)(F)F)c1. The van der Waals surface area contributed by atoms with E-state index in [-0.39, 0.29) is 11.1 Å². The largest absolute Gasteiger partial charge is 0.417 e. The van der Waals surface area contributed by atoms with Crippen LogP contribution >= 0.6 is 15.9 Å². The fourth-order valence-corrected chi connectivity index (χ4v) is 2.31. The molecule has 0 atom stereocenters. The van der Waals surface area contributed by atoms with Gasteiger partial charge in [0.15, 0.2) is 5.78 Å². The second kappa shape index (κ2) is 5.40. The molecular formula is C15H10BrF3O. The van der Waals surface area contributed by atoms with Crippen molar-refractivity contribution < 1.29 is 18.0 Å². The van der Waals surface area contributed by atoms with Crippen molar-refractivity contribution in [3.05, 3.63) is 69.2 Å². The van der Waals surface area contributed by atoms with Gasteiger partial charge in [0.05, 0.1) is 5.56 Å². The summed E-state index contributed by atoms with van der Waals surface area (Å²) in [4.78, 5) is 12.4. The molecule has 0 radical (unpaired) electrons. The molecule has 0 heterocycles. The van der Waals surface area contributed by atoms with Crippen LogP contribution in [0.2, 0.25) is 0 Å². The van der Waals surface area contributed by atoms with Crippen LogP contribution in [0.1, 0.15) is 27.0 Å². The molecule has 0 aliphatic rings. The van der Waals surface area contributed by atoms with Crippen molar-refractivity contribution in [3.63, 3.8) is 0 Å². The van der Waals surface area contributed by atoms with Gasteiger partial charge in [-0.25, -0.2) is 0 Å². The van der Waals surface area contributed by atoms with Gasteiger partial charge in [0, 0.05) is 15.6 Å². The zero-order chi connectivity index (χ0) is 14.9. The van der Waals surface area contributed by atoms with E-state index in [2.05, 4.69) is 15.9 Å². The van der Waals surface area contributed by atoms with Gasteiger partial charge in [-0.2, -0.15) is 13.2 Å². The van der Waals surface area contributed by atoms with Crippen LogP contribution < -0.4 is 0 Å². The van der Waals surface area contributed by atoms with E-state index in [9.17, 15) is 18.0 Å². The fraction of sp³-hybridized carbons (Fsp3) is 0.133. The maximum absolute atomic E-state index is 12.9. The first kappa shape index (κ1) is 14.8. The molecule has 0 aliphatic carbocycles. The Hall–Kier alpha value is -1.62. The molecule has 0 saturated heterocycles. The molecule has 0 saturated carbocycles. The van der Waals surface area contributed by atoms with E-state index in [1.807, 2.05) is 0 Å². The molecule has 0 aromatic heterocycles. The van der Waals surface area contributed by atoms with Crippen molar-refractivity contribution in [1.29, 1.82) is 0 Å². The number of hydrogen-bond donors (Lipinski definition) is 0. The molecule has 0 spiro atoms. The summed E-state index contributed by atoms with van der Waals surface area (Å²) in [6.07, 6.45) is -4.55. The number of hydrogen-bond acceptors (Lipinski definition) is 1. The van der Waals surface area contributed by atoms with E-state index >= 15 is 0 Å². The number of alkyl halides is 3. The number of aryl methyl sites for hydroxylation is 1. The van der Waals surface area contributed by atoms with Crippen molar-refractivity contribution in [3.8, 4) is 0 Å². The van der Waals surface area contributed by atoms with Crippen LogP contribution in [0.25, 0.3) is 0 Å². The van der Waals surface area contributed by atoms with Gasteiger partial charge in [0.2, 0.25) is 0 Å². The van der Waals surface area contributed by atoms with E-state index in [1.165, 1.54) is 18.2 Å². The molecule has 2 rings (SSSR count). The van der Waals surface area contributed by atoms with Crippen molar-refractivity contribution in [1.82, 2.24) is 0 Å². The number of carbonyl (C=O) groups excluding carboxylic acids is 1. The van der Waals surface area contributed by atoms with E-state index < -0.39 is 17.5 Å². The Labute approximate surface area is 122 Å². The average Bonchev–Trinajstić information content (AvgIpc) is 2.40. The number of halogens is 4. The first-order valence-electron chi connectivity index (χ1n) is 5.78. The van der Waals surface area contributed by atoms with Gasteiger partial charge < -0.3 is 0 Å². The normalized spacial score (nSPS) is 11.4. The second-order valence-electron chi connectivity index (χ2n) is 4.36. The first-order chi connectivity index (χ1) is 9.30.